The van der Waals surface area contributed by atoms with Gasteiger partial charge in [0, 0.05) is 10.7 Å². The molecule has 0 atom stereocenters. The second kappa shape index (κ2) is 6.57. The van der Waals surface area contributed by atoms with Gasteiger partial charge in [0.2, 0.25) is 0 Å². The van der Waals surface area contributed by atoms with Gasteiger partial charge in [-0.3, -0.25) is 4.79 Å². The van der Waals surface area contributed by atoms with Gasteiger partial charge >= 0.3 is 0 Å². The predicted octanol–water partition coefficient (Wildman–Crippen LogP) is 3.45. The predicted molar refractivity (Wildman–Crippen MR) is 79.7 cm³/mol. The van der Waals surface area contributed by atoms with Crippen molar-refractivity contribution in [2.75, 3.05) is 6.61 Å². The van der Waals surface area contributed by atoms with Gasteiger partial charge in [-0.2, -0.15) is 0 Å². The molecule has 0 N–H and O–H groups in total. The van der Waals surface area contributed by atoms with Crippen LogP contribution in [0.3, 0.4) is 0 Å². The Hall–Kier alpha value is -1.55. The molecule has 0 aliphatic heterocycles. The summed E-state index contributed by atoms with van der Waals surface area (Å²) in [5.41, 5.74) is 0.997. The van der Waals surface area contributed by atoms with E-state index in [9.17, 15) is 4.79 Å². The number of pyridine rings is 1. The van der Waals surface area contributed by atoms with Gasteiger partial charge < -0.3 is 9.30 Å². The fourth-order valence-electron chi connectivity index (χ4n) is 1.75. The molecule has 0 amide bonds. The molecule has 0 radical (unpaired) electrons. The molecule has 100 valence electrons. The van der Waals surface area contributed by atoms with Gasteiger partial charge in [-0.15, -0.1) is 0 Å². The van der Waals surface area contributed by atoms with Gasteiger partial charge in [-0.25, -0.2) is 0 Å². The smallest absolute Gasteiger partial charge is 0.293 e. The number of rotatable bonds is 5. The first-order valence-electron chi connectivity index (χ1n) is 6.27. The van der Waals surface area contributed by atoms with E-state index < -0.39 is 0 Å². The number of benzene rings is 1. The number of hydrogen-bond acceptors (Lipinski definition) is 2. The van der Waals surface area contributed by atoms with Gasteiger partial charge in [-0.1, -0.05) is 35.0 Å². The molecule has 0 fully saturated rings. The molecule has 19 heavy (non-hydrogen) atoms. The highest BCUT2D eigenvalue weighted by molar-refractivity contribution is 9.10. The van der Waals surface area contributed by atoms with Crippen LogP contribution < -0.4 is 10.3 Å². The van der Waals surface area contributed by atoms with Gasteiger partial charge in [0.05, 0.1) is 13.2 Å². The van der Waals surface area contributed by atoms with Crippen LogP contribution in [0.2, 0.25) is 0 Å². The fourth-order valence-corrected chi connectivity index (χ4v) is 2.01. The summed E-state index contributed by atoms with van der Waals surface area (Å²) in [6.45, 7) is 3.14. The third kappa shape index (κ3) is 3.70. The van der Waals surface area contributed by atoms with E-state index in [1.54, 1.807) is 16.8 Å². The Labute approximate surface area is 121 Å². The zero-order valence-corrected chi connectivity index (χ0v) is 12.4. The molecule has 1 aromatic carbocycles. The molecule has 0 saturated heterocycles. The Balaban J connectivity index is 2.20. The van der Waals surface area contributed by atoms with Crippen LogP contribution in [0.5, 0.6) is 5.75 Å². The van der Waals surface area contributed by atoms with Crippen molar-refractivity contribution in [2.24, 2.45) is 0 Å². The minimum Gasteiger partial charge on any atom is -0.488 e. The van der Waals surface area contributed by atoms with E-state index in [0.717, 1.165) is 16.5 Å². The van der Waals surface area contributed by atoms with Crippen molar-refractivity contribution in [1.29, 1.82) is 0 Å². The monoisotopic (exact) mass is 321 g/mol. The van der Waals surface area contributed by atoms with Crippen LogP contribution in [-0.2, 0) is 6.54 Å². The normalized spacial score (nSPS) is 10.4. The first-order valence-corrected chi connectivity index (χ1v) is 7.06. The van der Waals surface area contributed by atoms with Crippen LogP contribution in [-0.4, -0.2) is 11.2 Å². The maximum absolute atomic E-state index is 12.2. The van der Waals surface area contributed by atoms with Gasteiger partial charge in [-0.05, 0) is 36.2 Å². The second-order valence-corrected chi connectivity index (χ2v) is 5.20. The van der Waals surface area contributed by atoms with E-state index in [1.165, 1.54) is 0 Å². The van der Waals surface area contributed by atoms with Crippen LogP contribution in [0.15, 0.2) is 51.9 Å². The lowest BCUT2D eigenvalue weighted by atomic mass is 10.2. The SMILES string of the molecule is CCCOc1cccn(Cc2ccc(Br)cc2)c1=O. The maximum Gasteiger partial charge on any atom is 0.293 e. The lowest BCUT2D eigenvalue weighted by molar-refractivity contribution is 0.310. The maximum atomic E-state index is 12.2. The Morgan fingerprint density at radius 3 is 2.63 bits per heavy atom. The van der Waals surface area contributed by atoms with Crippen LogP contribution >= 0.6 is 15.9 Å². The number of ether oxygens (including phenoxy) is 1. The molecule has 0 spiro atoms. The number of nitrogens with zero attached hydrogens (tertiary/aromatic N) is 1. The highest BCUT2D eigenvalue weighted by Crippen LogP contribution is 2.11. The number of hydrogen-bond donors (Lipinski definition) is 0. The van der Waals surface area contributed by atoms with E-state index in [4.69, 9.17) is 4.74 Å². The van der Waals surface area contributed by atoms with Crippen molar-refractivity contribution in [3.8, 4) is 5.75 Å². The Bertz CT molecular complexity index is 590. The second-order valence-electron chi connectivity index (χ2n) is 4.28. The molecule has 1 aromatic heterocycles. The molecule has 2 aromatic rings. The van der Waals surface area contributed by atoms with Crippen LogP contribution in [0.25, 0.3) is 0 Å². The highest BCUT2D eigenvalue weighted by Gasteiger charge is 2.04. The molecular formula is C15H16BrNO2. The Morgan fingerprint density at radius 1 is 1.21 bits per heavy atom. The first kappa shape index (κ1) is 13.9. The lowest BCUT2D eigenvalue weighted by Crippen LogP contribution is -2.21. The Morgan fingerprint density at radius 2 is 1.95 bits per heavy atom. The van der Waals surface area contributed by atoms with E-state index in [1.807, 2.05) is 37.3 Å². The zero-order chi connectivity index (χ0) is 13.7. The van der Waals surface area contributed by atoms with Gasteiger partial charge in [0.25, 0.3) is 5.56 Å². The van der Waals surface area contributed by atoms with Crippen molar-refractivity contribution in [2.45, 2.75) is 19.9 Å². The fraction of sp³-hybridized carbons (Fsp3) is 0.267. The summed E-state index contributed by atoms with van der Waals surface area (Å²) in [5, 5.41) is 0. The summed E-state index contributed by atoms with van der Waals surface area (Å²) in [6.07, 6.45) is 2.67. The summed E-state index contributed by atoms with van der Waals surface area (Å²) in [7, 11) is 0. The first-order chi connectivity index (χ1) is 9.20. The summed E-state index contributed by atoms with van der Waals surface area (Å²) in [4.78, 5) is 12.2. The zero-order valence-electron chi connectivity index (χ0n) is 10.8. The highest BCUT2D eigenvalue weighted by atomic mass is 79.9. The van der Waals surface area contributed by atoms with Crippen molar-refractivity contribution >= 4 is 15.9 Å². The van der Waals surface area contributed by atoms with Crippen LogP contribution in [0.4, 0.5) is 0 Å². The third-order valence-electron chi connectivity index (χ3n) is 2.71. The Kier molecular flexibility index (Phi) is 4.80. The summed E-state index contributed by atoms with van der Waals surface area (Å²) in [5.74, 6) is 0.418. The topological polar surface area (TPSA) is 31.2 Å². The lowest BCUT2D eigenvalue weighted by Gasteiger charge is -2.09. The van der Waals surface area contributed by atoms with Gasteiger partial charge in [0.15, 0.2) is 5.75 Å². The van der Waals surface area contributed by atoms with Crippen molar-refractivity contribution in [3.63, 3.8) is 0 Å². The quantitative estimate of drug-likeness (QED) is 0.844. The van der Waals surface area contributed by atoms with E-state index in [0.29, 0.717) is 18.9 Å². The number of aromatic nitrogens is 1. The van der Waals surface area contributed by atoms with E-state index >= 15 is 0 Å². The van der Waals surface area contributed by atoms with Crippen molar-refractivity contribution < 1.29 is 4.74 Å². The average molecular weight is 322 g/mol. The third-order valence-corrected chi connectivity index (χ3v) is 3.24. The van der Waals surface area contributed by atoms with Gasteiger partial charge in [0.1, 0.15) is 0 Å². The molecule has 0 saturated carbocycles. The molecule has 3 nitrogen and oxygen atoms in total. The molecule has 4 heteroatoms. The van der Waals surface area contributed by atoms with Crippen LogP contribution in [0.1, 0.15) is 18.9 Å². The van der Waals surface area contributed by atoms with E-state index in [2.05, 4.69) is 15.9 Å². The molecule has 2 rings (SSSR count). The summed E-state index contributed by atoms with van der Waals surface area (Å²) < 4.78 is 8.13. The molecule has 0 unspecified atom stereocenters. The minimum atomic E-state index is -0.0844. The molecule has 0 aliphatic rings. The number of halogens is 1. The average Bonchev–Trinajstić information content (AvgIpc) is 2.42. The standard InChI is InChI=1S/C15H16BrNO2/c1-2-10-19-14-4-3-9-17(15(14)18)11-12-5-7-13(16)8-6-12/h3-9H,2,10-11H2,1H3. The largest absolute Gasteiger partial charge is 0.488 e. The van der Waals surface area contributed by atoms with Crippen LogP contribution in [0, 0.1) is 0 Å². The van der Waals surface area contributed by atoms with Crippen molar-refractivity contribution in [3.05, 3.63) is 63.0 Å². The molecule has 0 bridgehead atoms. The molecule has 1 heterocycles. The van der Waals surface area contributed by atoms with Crippen molar-refractivity contribution in [1.82, 2.24) is 4.57 Å². The molecule has 0 aliphatic carbocycles. The van der Waals surface area contributed by atoms with E-state index in [-0.39, 0.29) is 5.56 Å². The summed E-state index contributed by atoms with van der Waals surface area (Å²) >= 11 is 3.40. The summed E-state index contributed by atoms with van der Waals surface area (Å²) in [6, 6.07) is 11.5. The molecular weight excluding hydrogens is 306 g/mol. The minimum absolute atomic E-state index is 0.0844.